The van der Waals surface area contributed by atoms with Gasteiger partial charge in [-0.1, -0.05) is 42.7 Å². The number of carbonyl (C=O) groups is 3. The Morgan fingerprint density at radius 1 is 0.970 bits per heavy atom. The molecule has 0 fully saturated rings. The normalized spacial score (nSPS) is 13.5. The molecular weight excluding hydrogens is 436 g/mol. The van der Waals surface area contributed by atoms with E-state index in [0.717, 1.165) is 49.3 Å². The highest BCUT2D eigenvalue weighted by Crippen LogP contribution is 2.12. The number of thioether (sulfide) groups is 1. The molecule has 0 aromatic rings. The van der Waals surface area contributed by atoms with E-state index < -0.39 is 6.04 Å². The predicted molar refractivity (Wildman–Crippen MR) is 140 cm³/mol. The second-order valence-electron chi connectivity index (χ2n) is 8.51. The molecule has 7 nitrogen and oxygen atoms in total. The van der Waals surface area contributed by atoms with Gasteiger partial charge < -0.3 is 16.1 Å². The van der Waals surface area contributed by atoms with Gasteiger partial charge in [0.2, 0.25) is 18.2 Å². The lowest BCUT2D eigenvalue weighted by molar-refractivity contribution is -0.128. The Hall–Kier alpha value is -2.22. The van der Waals surface area contributed by atoms with Gasteiger partial charge in [0.05, 0.1) is 0 Å². The second-order valence-corrected chi connectivity index (χ2v) is 9.59. The third-order valence-electron chi connectivity index (χ3n) is 4.76. The molecule has 0 aromatic heterocycles. The average Bonchev–Trinajstić information content (AvgIpc) is 2.73. The maximum atomic E-state index is 12.4. The molecule has 0 radical (unpaired) electrons. The zero-order valence-electron chi connectivity index (χ0n) is 21.3. The fourth-order valence-electron chi connectivity index (χ4n) is 3.09. The summed E-state index contributed by atoms with van der Waals surface area (Å²) in [5.74, 6) is 1.17. The van der Waals surface area contributed by atoms with Crippen LogP contribution in [-0.2, 0) is 14.4 Å². The van der Waals surface area contributed by atoms with Gasteiger partial charge in [0, 0.05) is 30.2 Å². The summed E-state index contributed by atoms with van der Waals surface area (Å²) in [4.78, 5) is 34.4. The van der Waals surface area contributed by atoms with Gasteiger partial charge in [-0.2, -0.15) is 11.8 Å². The summed E-state index contributed by atoms with van der Waals surface area (Å²) in [6.07, 6.45) is 12.5. The lowest BCUT2D eigenvalue weighted by atomic mass is 10.1. The van der Waals surface area contributed by atoms with E-state index in [0.29, 0.717) is 12.8 Å². The minimum Gasteiger partial charge on any atom is -0.351 e. The Balaban J connectivity index is 4.53. The van der Waals surface area contributed by atoms with Crippen LogP contribution in [0.2, 0.25) is 0 Å². The standard InChI is InChI=1S/C25H44N4O3S/c1-7-10-24(28-22(6)31)25(32)27-21(5)17-33-16-15-23(29-26-18-30)14-9-13-20(4)12-8-11-19(2)3/h11,13,15,18,21,24,29H,7-10,12,14,16-17H2,1-6H3,(H,26,30)(H,27,32)(H,28,31)/b20-13+,23-15-. The van der Waals surface area contributed by atoms with Crippen molar-refractivity contribution >= 4 is 30.0 Å². The van der Waals surface area contributed by atoms with Gasteiger partial charge in [-0.25, -0.2) is 0 Å². The molecule has 188 valence electrons. The van der Waals surface area contributed by atoms with Gasteiger partial charge in [-0.05, 0) is 59.8 Å². The zero-order chi connectivity index (χ0) is 25.1. The van der Waals surface area contributed by atoms with Crippen LogP contribution in [-0.4, -0.2) is 41.8 Å². The van der Waals surface area contributed by atoms with Crippen LogP contribution in [0, 0.1) is 0 Å². The maximum Gasteiger partial charge on any atom is 0.242 e. The number of carbonyl (C=O) groups excluding carboxylic acids is 3. The highest BCUT2D eigenvalue weighted by atomic mass is 32.2. The molecule has 0 saturated heterocycles. The van der Waals surface area contributed by atoms with Crippen LogP contribution in [0.15, 0.2) is 35.1 Å². The first-order chi connectivity index (χ1) is 15.7. The number of rotatable bonds is 18. The first-order valence-electron chi connectivity index (χ1n) is 11.8. The molecule has 0 aliphatic heterocycles. The van der Waals surface area contributed by atoms with Gasteiger partial charge in [0.1, 0.15) is 6.04 Å². The van der Waals surface area contributed by atoms with E-state index in [-0.39, 0.29) is 17.9 Å². The number of allylic oxidation sites excluding steroid dienone is 5. The number of hydrogen-bond acceptors (Lipinski definition) is 5. The lowest BCUT2D eigenvalue weighted by Crippen LogP contribution is -2.49. The van der Waals surface area contributed by atoms with Crippen molar-refractivity contribution in [1.29, 1.82) is 0 Å². The molecule has 0 rings (SSSR count). The first-order valence-corrected chi connectivity index (χ1v) is 12.9. The first kappa shape index (κ1) is 30.8. The number of hydrogen-bond donors (Lipinski definition) is 4. The summed E-state index contributed by atoms with van der Waals surface area (Å²) in [6, 6.07) is -0.497. The topological polar surface area (TPSA) is 99.3 Å². The van der Waals surface area contributed by atoms with Crippen LogP contribution < -0.4 is 21.5 Å². The molecule has 3 amide bonds. The van der Waals surface area contributed by atoms with Crippen molar-refractivity contribution < 1.29 is 14.4 Å². The largest absolute Gasteiger partial charge is 0.351 e. The Bertz CT molecular complexity index is 685. The van der Waals surface area contributed by atoms with Gasteiger partial charge in [-0.15, -0.1) is 0 Å². The molecule has 0 bridgehead atoms. The maximum absolute atomic E-state index is 12.4. The zero-order valence-corrected chi connectivity index (χ0v) is 22.1. The van der Waals surface area contributed by atoms with E-state index in [9.17, 15) is 14.4 Å². The summed E-state index contributed by atoms with van der Waals surface area (Å²) in [5, 5.41) is 5.69. The Labute approximate surface area is 204 Å². The van der Waals surface area contributed by atoms with E-state index in [1.54, 1.807) is 11.8 Å². The molecule has 2 unspecified atom stereocenters. The van der Waals surface area contributed by atoms with E-state index in [4.69, 9.17) is 0 Å². The summed E-state index contributed by atoms with van der Waals surface area (Å²) >= 11 is 1.70. The van der Waals surface area contributed by atoms with Gasteiger partial charge in [0.25, 0.3) is 0 Å². The van der Waals surface area contributed by atoms with Gasteiger partial charge in [0.15, 0.2) is 0 Å². The fraction of sp³-hybridized carbons (Fsp3) is 0.640. The number of amides is 3. The van der Waals surface area contributed by atoms with Crippen molar-refractivity contribution in [1.82, 2.24) is 21.5 Å². The number of nitrogens with one attached hydrogen (secondary N) is 4. The molecule has 2 atom stereocenters. The third-order valence-corrected chi connectivity index (χ3v) is 5.90. The van der Waals surface area contributed by atoms with Crippen molar-refractivity contribution in [3.8, 4) is 0 Å². The Morgan fingerprint density at radius 2 is 1.67 bits per heavy atom. The Kier molecular flexibility index (Phi) is 18.0. The quantitative estimate of drug-likeness (QED) is 0.102. The molecule has 0 spiro atoms. The molecule has 0 aromatic carbocycles. The smallest absolute Gasteiger partial charge is 0.242 e. The van der Waals surface area contributed by atoms with Crippen LogP contribution in [0.25, 0.3) is 0 Å². The van der Waals surface area contributed by atoms with E-state index in [1.807, 2.05) is 13.8 Å². The van der Waals surface area contributed by atoms with Gasteiger partial charge >= 0.3 is 0 Å². The van der Waals surface area contributed by atoms with Crippen molar-refractivity contribution in [3.05, 3.63) is 35.1 Å². The highest BCUT2D eigenvalue weighted by molar-refractivity contribution is 7.99. The van der Waals surface area contributed by atoms with Crippen LogP contribution >= 0.6 is 11.8 Å². The van der Waals surface area contributed by atoms with E-state index >= 15 is 0 Å². The van der Waals surface area contributed by atoms with Crippen molar-refractivity contribution in [2.24, 2.45) is 0 Å². The van der Waals surface area contributed by atoms with E-state index in [1.165, 1.54) is 18.1 Å². The SMILES string of the molecule is CCCC(NC(C)=O)C(=O)NC(C)CSC/C=C(/CC/C=C(\C)CCC=C(C)C)NNC=O. The van der Waals surface area contributed by atoms with Crippen LogP contribution in [0.3, 0.4) is 0 Å². The molecule has 0 aliphatic carbocycles. The van der Waals surface area contributed by atoms with Crippen LogP contribution in [0.1, 0.15) is 80.1 Å². The summed E-state index contributed by atoms with van der Waals surface area (Å²) < 4.78 is 0. The molecule has 0 aliphatic rings. The molecule has 0 heterocycles. The second kappa shape index (κ2) is 19.3. The average molecular weight is 481 g/mol. The molecule has 8 heteroatoms. The highest BCUT2D eigenvalue weighted by Gasteiger charge is 2.19. The van der Waals surface area contributed by atoms with Crippen LogP contribution in [0.5, 0.6) is 0 Å². The minimum absolute atomic E-state index is 0.0140. The van der Waals surface area contributed by atoms with Gasteiger partial charge in [-0.3, -0.25) is 19.8 Å². The third kappa shape index (κ3) is 18.0. The summed E-state index contributed by atoms with van der Waals surface area (Å²) in [6.45, 7) is 11.8. The van der Waals surface area contributed by atoms with Crippen molar-refractivity contribution in [3.63, 3.8) is 0 Å². The molecular formula is C25H44N4O3S. The minimum atomic E-state index is -0.483. The predicted octanol–water partition coefficient (Wildman–Crippen LogP) is 4.14. The van der Waals surface area contributed by atoms with Crippen molar-refractivity contribution in [2.45, 2.75) is 92.2 Å². The molecule has 33 heavy (non-hydrogen) atoms. The van der Waals surface area contributed by atoms with Crippen molar-refractivity contribution in [2.75, 3.05) is 11.5 Å². The number of hydrazine groups is 1. The van der Waals surface area contributed by atoms with Crippen LogP contribution in [0.4, 0.5) is 0 Å². The summed E-state index contributed by atoms with van der Waals surface area (Å²) in [7, 11) is 0. The fourth-order valence-corrected chi connectivity index (χ4v) is 3.99. The molecule has 4 N–H and O–H groups in total. The lowest BCUT2D eigenvalue weighted by Gasteiger charge is -2.20. The summed E-state index contributed by atoms with van der Waals surface area (Å²) in [5.41, 5.74) is 9.15. The monoisotopic (exact) mass is 480 g/mol. The molecule has 0 saturated carbocycles. The Morgan fingerprint density at radius 3 is 2.27 bits per heavy atom. The van der Waals surface area contributed by atoms with E-state index in [2.05, 4.69) is 60.5 Å².